The van der Waals surface area contributed by atoms with Crippen LogP contribution in [-0.4, -0.2) is 28.8 Å². The SMILES string of the molecule is CC[C@@H](C)NC(=O)[C@H](C)N(Cc1c(Cl)cccc1Cl)C(=O)Cc1c(Cl)cccc1Cl. The van der Waals surface area contributed by atoms with Crippen molar-refractivity contribution in [1.29, 1.82) is 0 Å². The normalized spacial score (nSPS) is 12.9. The van der Waals surface area contributed by atoms with Crippen molar-refractivity contribution in [2.45, 2.75) is 52.2 Å². The van der Waals surface area contributed by atoms with Crippen molar-refractivity contribution in [2.75, 3.05) is 0 Å². The molecule has 0 bridgehead atoms. The highest BCUT2D eigenvalue weighted by molar-refractivity contribution is 6.36. The molecule has 8 heteroatoms. The molecule has 0 heterocycles. The Kier molecular flexibility index (Phi) is 9.30. The molecular weight excluding hydrogens is 466 g/mol. The lowest BCUT2D eigenvalue weighted by Crippen LogP contribution is -2.50. The van der Waals surface area contributed by atoms with Gasteiger partial charge in [-0.05, 0) is 50.1 Å². The van der Waals surface area contributed by atoms with Gasteiger partial charge >= 0.3 is 0 Å². The largest absolute Gasteiger partial charge is 0.352 e. The van der Waals surface area contributed by atoms with Crippen LogP contribution in [-0.2, 0) is 22.6 Å². The number of hydrogen-bond donors (Lipinski definition) is 1. The Morgan fingerprint density at radius 2 is 1.37 bits per heavy atom. The van der Waals surface area contributed by atoms with Crippen LogP contribution in [0.1, 0.15) is 38.3 Å². The quantitative estimate of drug-likeness (QED) is 0.481. The number of amides is 2. The third kappa shape index (κ3) is 6.27. The van der Waals surface area contributed by atoms with Gasteiger partial charge in [0.1, 0.15) is 6.04 Å². The summed E-state index contributed by atoms with van der Waals surface area (Å²) in [6.45, 7) is 5.63. The maximum Gasteiger partial charge on any atom is 0.242 e. The summed E-state index contributed by atoms with van der Waals surface area (Å²) in [5, 5.41) is 4.54. The lowest BCUT2D eigenvalue weighted by atomic mass is 10.1. The van der Waals surface area contributed by atoms with Crippen molar-refractivity contribution >= 4 is 58.2 Å². The number of halogens is 4. The van der Waals surface area contributed by atoms with Crippen LogP contribution in [0.25, 0.3) is 0 Å². The molecule has 0 saturated heterocycles. The zero-order chi connectivity index (χ0) is 22.4. The van der Waals surface area contributed by atoms with Gasteiger partial charge < -0.3 is 10.2 Å². The minimum atomic E-state index is -0.750. The Balaban J connectivity index is 2.37. The van der Waals surface area contributed by atoms with E-state index in [0.717, 1.165) is 6.42 Å². The van der Waals surface area contributed by atoms with E-state index < -0.39 is 6.04 Å². The van der Waals surface area contributed by atoms with Crippen molar-refractivity contribution < 1.29 is 9.59 Å². The van der Waals surface area contributed by atoms with Crippen molar-refractivity contribution in [2.24, 2.45) is 0 Å². The van der Waals surface area contributed by atoms with Gasteiger partial charge in [-0.15, -0.1) is 0 Å². The number of carbonyl (C=O) groups is 2. The van der Waals surface area contributed by atoms with Crippen LogP contribution in [0, 0.1) is 0 Å². The summed E-state index contributed by atoms with van der Waals surface area (Å²) in [4.78, 5) is 27.5. The minimum absolute atomic E-state index is 0.0150. The Bertz CT molecular complexity index is 880. The van der Waals surface area contributed by atoms with Gasteiger partial charge in [0.15, 0.2) is 0 Å². The van der Waals surface area contributed by atoms with Crippen LogP contribution in [0.3, 0.4) is 0 Å². The molecule has 0 aliphatic carbocycles. The number of nitrogens with zero attached hydrogens (tertiary/aromatic N) is 1. The van der Waals surface area contributed by atoms with E-state index in [-0.39, 0.29) is 30.8 Å². The summed E-state index contributed by atoms with van der Waals surface area (Å²) < 4.78 is 0. The second-order valence-corrected chi connectivity index (χ2v) is 8.72. The molecule has 1 N–H and O–H groups in total. The van der Waals surface area contributed by atoms with E-state index in [9.17, 15) is 9.59 Å². The van der Waals surface area contributed by atoms with Crippen molar-refractivity contribution in [1.82, 2.24) is 10.2 Å². The Morgan fingerprint density at radius 1 is 0.900 bits per heavy atom. The summed E-state index contributed by atoms with van der Waals surface area (Å²) in [6, 6.07) is 9.40. The van der Waals surface area contributed by atoms with Gasteiger partial charge in [-0.3, -0.25) is 9.59 Å². The van der Waals surface area contributed by atoms with Gasteiger partial charge in [-0.25, -0.2) is 0 Å². The highest BCUT2D eigenvalue weighted by atomic mass is 35.5. The summed E-state index contributed by atoms with van der Waals surface area (Å²) in [7, 11) is 0. The van der Waals surface area contributed by atoms with Crippen LogP contribution in [0.4, 0.5) is 0 Å². The van der Waals surface area contributed by atoms with Crippen LogP contribution in [0.5, 0.6) is 0 Å². The molecule has 0 aromatic heterocycles. The molecule has 0 radical (unpaired) electrons. The molecule has 2 aromatic carbocycles. The Morgan fingerprint density at radius 3 is 1.83 bits per heavy atom. The van der Waals surface area contributed by atoms with Crippen molar-refractivity contribution in [3.63, 3.8) is 0 Å². The fourth-order valence-corrected chi connectivity index (χ4v) is 3.90. The molecule has 0 aliphatic heterocycles. The maximum atomic E-state index is 13.3. The van der Waals surface area contributed by atoms with Crippen LogP contribution < -0.4 is 5.32 Å². The average Bonchev–Trinajstić information content (AvgIpc) is 2.69. The van der Waals surface area contributed by atoms with E-state index in [0.29, 0.717) is 31.2 Å². The lowest BCUT2D eigenvalue weighted by Gasteiger charge is -2.30. The third-order valence-electron chi connectivity index (χ3n) is 4.95. The monoisotopic (exact) mass is 488 g/mol. The highest BCUT2D eigenvalue weighted by Gasteiger charge is 2.28. The molecule has 0 unspecified atom stereocenters. The fraction of sp³-hybridized carbons (Fsp3) is 0.364. The van der Waals surface area contributed by atoms with Crippen molar-refractivity contribution in [3.8, 4) is 0 Å². The molecule has 0 saturated carbocycles. The van der Waals surface area contributed by atoms with E-state index in [1.54, 1.807) is 43.3 Å². The van der Waals surface area contributed by atoms with Gasteiger partial charge in [0, 0.05) is 38.2 Å². The minimum Gasteiger partial charge on any atom is -0.352 e. The molecule has 2 atom stereocenters. The van der Waals surface area contributed by atoms with Crippen LogP contribution >= 0.6 is 46.4 Å². The average molecular weight is 490 g/mol. The number of nitrogens with one attached hydrogen (secondary N) is 1. The predicted molar refractivity (Wildman–Crippen MR) is 125 cm³/mol. The van der Waals surface area contributed by atoms with E-state index in [1.165, 1.54) is 4.90 Å². The number of hydrogen-bond acceptors (Lipinski definition) is 2. The van der Waals surface area contributed by atoms with Gasteiger partial charge in [-0.2, -0.15) is 0 Å². The molecule has 162 valence electrons. The summed E-state index contributed by atoms with van der Waals surface area (Å²) in [5.41, 5.74) is 1.08. The first-order valence-electron chi connectivity index (χ1n) is 9.61. The van der Waals surface area contributed by atoms with Gasteiger partial charge in [0.05, 0.1) is 6.42 Å². The second-order valence-electron chi connectivity index (χ2n) is 7.09. The first kappa shape index (κ1) is 24.8. The fourth-order valence-electron chi connectivity index (χ4n) is 2.86. The highest BCUT2D eigenvalue weighted by Crippen LogP contribution is 2.29. The molecular formula is C22H24Cl4N2O2. The molecule has 0 spiro atoms. The lowest BCUT2D eigenvalue weighted by molar-refractivity contribution is -0.140. The Labute approximate surface area is 197 Å². The maximum absolute atomic E-state index is 13.3. The number of rotatable bonds is 8. The zero-order valence-electron chi connectivity index (χ0n) is 17.0. The number of benzene rings is 2. The smallest absolute Gasteiger partial charge is 0.242 e. The molecule has 2 rings (SSSR count). The molecule has 30 heavy (non-hydrogen) atoms. The molecule has 2 amide bonds. The summed E-state index contributed by atoms with van der Waals surface area (Å²) in [5.74, 6) is -0.570. The van der Waals surface area contributed by atoms with E-state index >= 15 is 0 Å². The molecule has 2 aromatic rings. The third-order valence-corrected chi connectivity index (χ3v) is 6.36. The first-order valence-corrected chi connectivity index (χ1v) is 11.1. The van der Waals surface area contributed by atoms with Crippen LogP contribution in [0.15, 0.2) is 36.4 Å². The van der Waals surface area contributed by atoms with Gasteiger partial charge in [0.2, 0.25) is 11.8 Å². The van der Waals surface area contributed by atoms with Gasteiger partial charge in [0.25, 0.3) is 0 Å². The first-order chi connectivity index (χ1) is 14.1. The second kappa shape index (κ2) is 11.2. The predicted octanol–water partition coefficient (Wildman–Crippen LogP) is 6.17. The summed E-state index contributed by atoms with van der Waals surface area (Å²) in [6.07, 6.45) is 0.722. The number of carbonyl (C=O) groups excluding carboxylic acids is 2. The summed E-state index contributed by atoms with van der Waals surface area (Å²) >= 11 is 25.1. The standard InChI is InChI=1S/C22H24Cl4N2O2/c1-4-13(2)27-22(30)14(3)28(12-16-19(25)9-6-10-20(16)26)21(29)11-15-17(23)7-5-8-18(15)24/h5-10,13-14H,4,11-12H2,1-3H3,(H,27,30)/t13-,14+/m1/s1. The van der Waals surface area contributed by atoms with E-state index in [2.05, 4.69) is 5.32 Å². The molecule has 0 fully saturated rings. The Hall–Kier alpha value is -1.46. The van der Waals surface area contributed by atoms with E-state index in [1.807, 2.05) is 13.8 Å². The van der Waals surface area contributed by atoms with Crippen LogP contribution in [0.2, 0.25) is 20.1 Å². The molecule has 0 aliphatic rings. The van der Waals surface area contributed by atoms with E-state index in [4.69, 9.17) is 46.4 Å². The van der Waals surface area contributed by atoms with Gasteiger partial charge in [-0.1, -0.05) is 65.5 Å². The zero-order valence-corrected chi connectivity index (χ0v) is 20.0. The topological polar surface area (TPSA) is 49.4 Å². The molecule has 4 nitrogen and oxygen atoms in total. The van der Waals surface area contributed by atoms with Crippen molar-refractivity contribution in [3.05, 3.63) is 67.6 Å².